The van der Waals surface area contributed by atoms with E-state index in [1.54, 1.807) is 19.5 Å². The summed E-state index contributed by atoms with van der Waals surface area (Å²) in [5.74, 6) is 0.851. The molecule has 0 N–H and O–H groups in total. The summed E-state index contributed by atoms with van der Waals surface area (Å²) in [7, 11) is 1.73. The molecule has 0 spiro atoms. The molecule has 6 nitrogen and oxygen atoms in total. The Morgan fingerprint density at radius 1 is 1.30 bits per heavy atom. The third-order valence-corrected chi connectivity index (χ3v) is 4.07. The molecule has 0 bridgehead atoms. The van der Waals surface area contributed by atoms with Crippen LogP contribution in [0.2, 0.25) is 0 Å². The molecule has 1 fully saturated rings. The van der Waals surface area contributed by atoms with Crippen LogP contribution in [-0.4, -0.2) is 52.6 Å². The second kappa shape index (κ2) is 8.08. The number of hydrogen-bond donors (Lipinski definition) is 0. The summed E-state index contributed by atoms with van der Waals surface area (Å²) in [4.78, 5) is 6.51. The molecule has 124 valence electrons. The summed E-state index contributed by atoms with van der Waals surface area (Å²) in [6, 6.07) is 5.96. The summed E-state index contributed by atoms with van der Waals surface area (Å²) in [6.07, 6.45) is 7.68. The molecule has 1 saturated heterocycles. The van der Waals surface area contributed by atoms with Crippen LogP contribution in [0.5, 0.6) is 5.75 Å². The fourth-order valence-corrected chi connectivity index (χ4v) is 2.93. The van der Waals surface area contributed by atoms with Gasteiger partial charge in [0, 0.05) is 52.3 Å². The molecule has 0 aromatic carbocycles. The van der Waals surface area contributed by atoms with E-state index in [9.17, 15) is 0 Å². The highest BCUT2D eigenvalue weighted by atomic mass is 16.5. The van der Waals surface area contributed by atoms with Gasteiger partial charge >= 0.3 is 0 Å². The zero-order chi connectivity index (χ0) is 15.9. The van der Waals surface area contributed by atoms with Crippen LogP contribution in [0.15, 0.2) is 36.8 Å². The van der Waals surface area contributed by atoms with Crippen molar-refractivity contribution >= 4 is 0 Å². The minimum atomic E-state index is 0.240. The molecule has 3 rings (SSSR count). The second-order valence-corrected chi connectivity index (χ2v) is 5.84. The van der Waals surface area contributed by atoms with E-state index in [1.807, 2.05) is 18.3 Å². The summed E-state index contributed by atoms with van der Waals surface area (Å²) in [5, 5.41) is 4.41. The largest absolute Gasteiger partial charge is 0.487 e. The van der Waals surface area contributed by atoms with Crippen LogP contribution < -0.4 is 4.74 Å². The van der Waals surface area contributed by atoms with E-state index in [0.717, 1.165) is 51.4 Å². The third-order valence-electron chi connectivity index (χ3n) is 4.07. The van der Waals surface area contributed by atoms with Crippen molar-refractivity contribution in [1.82, 2.24) is 19.7 Å². The molecule has 1 aliphatic heterocycles. The van der Waals surface area contributed by atoms with Crippen LogP contribution in [-0.2, 0) is 17.8 Å². The number of likely N-dealkylation sites (tertiary alicyclic amines) is 1. The van der Waals surface area contributed by atoms with Gasteiger partial charge in [0.05, 0.1) is 11.9 Å². The average Bonchev–Trinajstić information content (AvgIpc) is 3.19. The lowest BCUT2D eigenvalue weighted by Crippen LogP contribution is -2.25. The molecule has 1 aliphatic rings. The molecule has 1 atom stereocenters. The molecule has 0 saturated carbocycles. The van der Waals surface area contributed by atoms with Crippen molar-refractivity contribution < 1.29 is 9.47 Å². The van der Waals surface area contributed by atoms with Gasteiger partial charge in [0.25, 0.3) is 0 Å². The van der Waals surface area contributed by atoms with Gasteiger partial charge in [0.1, 0.15) is 11.9 Å². The molecular formula is C17H24N4O2. The number of methoxy groups -OCH3 is 1. The standard InChI is InChI=1S/C17H24N4O2/c1-22-11-3-9-21-15(5-8-19-21)13-20-10-6-17(14-20)23-16-4-2-7-18-12-16/h2,4-5,7-8,12,17H,3,6,9-11,13-14H2,1H3. The van der Waals surface area contributed by atoms with E-state index < -0.39 is 0 Å². The Morgan fingerprint density at radius 3 is 3.09 bits per heavy atom. The number of pyridine rings is 1. The van der Waals surface area contributed by atoms with Gasteiger partial charge in [-0.3, -0.25) is 14.6 Å². The third kappa shape index (κ3) is 4.53. The SMILES string of the molecule is COCCCn1nccc1CN1CCC(Oc2cccnc2)C1. The number of rotatable bonds is 8. The van der Waals surface area contributed by atoms with Crippen LogP contribution in [0.25, 0.3) is 0 Å². The van der Waals surface area contributed by atoms with E-state index in [1.165, 1.54) is 5.69 Å². The van der Waals surface area contributed by atoms with Gasteiger partial charge in [0.2, 0.25) is 0 Å². The zero-order valence-corrected chi connectivity index (χ0v) is 13.6. The van der Waals surface area contributed by atoms with E-state index in [4.69, 9.17) is 9.47 Å². The maximum absolute atomic E-state index is 5.99. The molecule has 23 heavy (non-hydrogen) atoms. The van der Waals surface area contributed by atoms with Gasteiger partial charge in [0.15, 0.2) is 0 Å². The Labute approximate surface area is 137 Å². The summed E-state index contributed by atoms with van der Waals surface area (Å²) >= 11 is 0. The predicted octanol–water partition coefficient (Wildman–Crippen LogP) is 1.97. The lowest BCUT2D eigenvalue weighted by atomic mass is 10.3. The smallest absolute Gasteiger partial charge is 0.138 e. The van der Waals surface area contributed by atoms with E-state index in [-0.39, 0.29) is 6.10 Å². The van der Waals surface area contributed by atoms with Gasteiger partial charge in [-0.1, -0.05) is 0 Å². The van der Waals surface area contributed by atoms with Crippen LogP contribution in [0.1, 0.15) is 18.5 Å². The van der Waals surface area contributed by atoms with Crippen LogP contribution >= 0.6 is 0 Å². The Hall–Kier alpha value is -1.92. The minimum Gasteiger partial charge on any atom is -0.487 e. The summed E-state index contributed by atoms with van der Waals surface area (Å²) < 4.78 is 13.2. The van der Waals surface area contributed by atoms with Crippen molar-refractivity contribution in [3.8, 4) is 5.75 Å². The van der Waals surface area contributed by atoms with Crippen molar-refractivity contribution in [3.05, 3.63) is 42.5 Å². The number of aromatic nitrogens is 3. The lowest BCUT2D eigenvalue weighted by Gasteiger charge is -2.17. The highest BCUT2D eigenvalue weighted by Gasteiger charge is 2.24. The average molecular weight is 316 g/mol. The first-order chi connectivity index (χ1) is 11.3. The zero-order valence-electron chi connectivity index (χ0n) is 13.6. The Morgan fingerprint density at radius 2 is 2.26 bits per heavy atom. The van der Waals surface area contributed by atoms with Gasteiger partial charge in [-0.05, 0) is 31.0 Å². The van der Waals surface area contributed by atoms with Crippen molar-refractivity contribution in [2.75, 3.05) is 26.8 Å². The fourth-order valence-electron chi connectivity index (χ4n) is 2.93. The molecule has 6 heteroatoms. The monoisotopic (exact) mass is 316 g/mol. The number of ether oxygens (including phenoxy) is 2. The van der Waals surface area contributed by atoms with Crippen molar-refractivity contribution in [2.45, 2.75) is 32.0 Å². The molecule has 0 aliphatic carbocycles. The number of aryl methyl sites for hydroxylation is 1. The lowest BCUT2D eigenvalue weighted by molar-refractivity contribution is 0.186. The molecule has 0 amide bonds. The van der Waals surface area contributed by atoms with Gasteiger partial charge in [-0.15, -0.1) is 0 Å². The molecule has 2 aromatic heterocycles. The van der Waals surface area contributed by atoms with E-state index >= 15 is 0 Å². The molecular weight excluding hydrogens is 292 g/mol. The van der Waals surface area contributed by atoms with Crippen LogP contribution in [0.3, 0.4) is 0 Å². The Bertz CT molecular complexity index is 587. The topological polar surface area (TPSA) is 52.4 Å². The van der Waals surface area contributed by atoms with Crippen LogP contribution in [0, 0.1) is 0 Å². The minimum absolute atomic E-state index is 0.240. The van der Waals surface area contributed by atoms with Crippen molar-refractivity contribution in [2.24, 2.45) is 0 Å². The fraction of sp³-hybridized carbons (Fsp3) is 0.529. The molecule has 3 heterocycles. The highest BCUT2D eigenvalue weighted by Crippen LogP contribution is 2.19. The first-order valence-electron chi connectivity index (χ1n) is 8.14. The maximum atomic E-state index is 5.99. The second-order valence-electron chi connectivity index (χ2n) is 5.84. The first kappa shape index (κ1) is 16.0. The number of hydrogen-bond acceptors (Lipinski definition) is 5. The predicted molar refractivity (Wildman–Crippen MR) is 87.3 cm³/mol. The number of nitrogens with zero attached hydrogens (tertiary/aromatic N) is 4. The quantitative estimate of drug-likeness (QED) is 0.697. The van der Waals surface area contributed by atoms with Gasteiger partial charge < -0.3 is 9.47 Å². The summed E-state index contributed by atoms with van der Waals surface area (Å²) in [5.41, 5.74) is 1.25. The molecule has 1 unspecified atom stereocenters. The van der Waals surface area contributed by atoms with Crippen molar-refractivity contribution in [1.29, 1.82) is 0 Å². The maximum Gasteiger partial charge on any atom is 0.138 e. The first-order valence-corrected chi connectivity index (χ1v) is 8.14. The summed E-state index contributed by atoms with van der Waals surface area (Å²) in [6.45, 7) is 4.58. The Kier molecular flexibility index (Phi) is 5.60. The molecule has 2 aromatic rings. The normalized spacial score (nSPS) is 18.4. The van der Waals surface area contributed by atoms with E-state index in [0.29, 0.717) is 0 Å². The van der Waals surface area contributed by atoms with Gasteiger partial charge in [-0.2, -0.15) is 5.10 Å². The van der Waals surface area contributed by atoms with Gasteiger partial charge in [-0.25, -0.2) is 0 Å². The van der Waals surface area contributed by atoms with Crippen molar-refractivity contribution in [3.63, 3.8) is 0 Å². The Balaban J connectivity index is 1.49. The molecule has 0 radical (unpaired) electrons. The van der Waals surface area contributed by atoms with E-state index in [2.05, 4.69) is 25.7 Å². The van der Waals surface area contributed by atoms with Crippen LogP contribution in [0.4, 0.5) is 0 Å². The highest BCUT2D eigenvalue weighted by molar-refractivity contribution is 5.16.